The molecule has 0 aromatic heterocycles. The van der Waals surface area contributed by atoms with E-state index in [9.17, 15) is 9.90 Å². The minimum absolute atomic E-state index is 0.233. The smallest absolute Gasteiger partial charge is 0.252 e. The number of aliphatic hydroxyl groups excluding tert-OH is 1. The van der Waals surface area contributed by atoms with Gasteiger partial charge in [-0.25, -0.2) is 0 Å². The lowest BCUT2D eigenvalue weighted by Crippen LogP contribution is -2.12. The first-order valence-electron chi connectivity index (χ1n) is 6.31. The summed E-state index contributed by atoms with van der Waals surface area (Å²) in [5, 5.41) is 18.7. The number of nitriles is 1. The molecule has 0 spiro atoms. The third-order valence-electron chi connectivity index (χ3n) is 2.97. The van der Waals surface area contributed by atoms with Gasteiger partial charge in [0.1, 0.15) is 11.5 Å². The summed E-state index contributed by atoms with van der Waals surface area (Å²) in [6.07, 6.45) is -0.770. The molecule has 3 N–H and O–H groups in total. The van der Waals surface area contributed by atoms with Gasteiger partial charge in [-0.3, -0.25) is 4.79 Å². The molecule has 0 aliphatic heterocycles. The van der Waals surface area contributed by atoms with Gasteiger partial charge in [-0.2, -0.15) is 5.26 Å². The van der Waals surface area contributed by atoms with Gasteiger partial charge in [0, 0.05) is 5.56 Å². The van der Waals surface area contributed by atoms with Crippen LogP contribution in [0, 0.1) is 11.3 Å². The predicted octanol–water partition coefficient (Wildman–Crippen LogP) is 2.50. The van der Waals surface area contributed by atoms with Crippen molar-refractivity contribution in [1.82, 2.24) is 0 Å². The van der Waals surface area contributed by atoms with Gasteiger partial charge in [0.2, 0.25) is 0 Å². The van der Waals surface area contributed by atoms with E-state index >= 15 is 0 Å². The molecule has 1 atom stereocenters. The highest BCUT2D eigenvalue weighted by molar-refractivity contribution is 5.95. The van der Waals surface area contributed by atoms with Crippen LogP contribution in [0.2, 0.25) is 0 Å². The van der Waals surface area contributed by atoms with Gasteiger partial charge < -0.3 is 15.6 Å². The van der Waals surface area contributed by atoms with Crippen molar-refractivity contribution in [1.29, 1.82) is 5.26 Å². The molecule has 2 aromatic rings. The lowest BCUT2D eigenvalue weighted by molar-refractivity contribution is 0.0998. The number of benzene rings is 2. The van der Waals surface area contributed by atoms with Crippen LogP contribution in [0.4, 0.5) is 0 Å². The molecule has 5 nitrogen and oxygen atoms in total. The van der Waals surface area contributed by atoms with Gasteiger partial charge in [0.25, 0.3) is 5.91 Å². The summed E-state index contributed by atoms with van der Waals surface area (Å²) in [5.41, 5.74) is 6.45. The molecule has 0 heterocycles. The van der Waals surface area contributed by atoms with Crippen LogP contribution in [-0.4, -0.2) is 11.0 Å². The van der Waals surface area contributed by atoms with Crippen molar-refractivity contribution in [2.45, 2.75) is 13.0 Å². The fraction of sp³-hybridized carbons (Fsp3) is 0.125. The van der Waals surface area contributed by atoms with E-state index in [2.05, 4.69) is 0 Å². The number of primary amides is 1. The van der Waals surface area contributed by atoms with Gasteiger partial charge in [-0.1, -0.05) is 18.2 Å². The Bertz CT molecular complexity index is 718. The summed E-state index contributed by atoms with van der Waals surface area (Å²) >= 11 is 0. The Morgan fingerprint density at radius 3 is 2.62 bits per heavy atom. The second kappa shape index (κ2) is 6.07. The number of hydrogen-bond acceptors (Lipinski definition) is 4. The Hall–Kier alpha value is -2.84. The zero-order valence-electron chi connectivity index (χ0n) is 11.4. The summed E-state index contributed by atoms with van der Waals surface area (Å²) in [7, 11) is 0. The molecular weight excluding hydrogens is 268 g/mol. The number of carbonyl (C=O) groups excluding carboxylic acids is 1. The van der Waals surface area contributed by atoms with Gasteiger partial charge in [0.15, 0.2) is 0 Å². The number of nitrogens with two attached hydrogens (primary N) is 1. The molecule has 0 unspecified atom stereocenters. The molecule has 0 aliphatic rings. The summed E-state index contributed by atoms with van der Waals surface area (Å²) in [6.45, 7) is 1.59. The molecule has 5 heteroatoms. The van der Waals surface area contributed by atoms with E-state index < -0.39 is 12.0 Å². The summed E-state index contributed by atoms with van der Waals surface area (Å²) in [4.78, 5) is 11.4. The number of aliphatic hydroxyl groups is 1. The van der Waals surface area contributed by atoms with Gasteiger partial charge in [-0.15, -0.1) is 0 Å². The zero-order valence-corrected chi connectivity index (χ0v) is 11.4. The van der Waals surface area contributed by atoms with Crippen molar-refractivity contribution in [3.63, 3.8) is 0 Å². The monoisotopic (exact) mass is 282 g/mol. The largest absolute Gasteiger partial charge is 0.456 e. The zero-order chi connectivity index (χ0) is 15.4. The van der Waals surface area contributed by atoms with Crippen molar-refractivity contribution in [2.75, 3.05) is 0 Å². The molecule has 0 aliphatic carbocycles. The molecule has 21 heavy (non-hydrogen) atoms. The predicted molar refractivity (Wildman–Crippen MR) is 76.8 cm³/mol. The highest BCUT2D eigenvalue weighted by Crippen LogP contribution is 2.32. The number of hydrogen-bond donors (Lipinski definition) is 2. The number of carbonyl (C=O) groups is 1. The Morgan fingerprint density at radius 1 is 1.29 bits per heavy atom. The van der Waals surface area contributed by atoms with E-state index in [0.717, 1.165) is 0 Å². The van der Waals surface area contributed by atoms with Gasteiger partial charge >= 0.3 is 0 Å². The van der Waals surface area contributed by atoms with E-state index in [4.69, 9.17) is 15.7 Å². The molecular formula is C16H14N2O3. The average molecular weight is 282 g/mol. The summed E-state index contributed by atoms with van der Waals surface area (Å²) < 4.78 is 5.69. The molecule has 106 valence electrons. The van der Waals surface area contributed by atoms with Crippen LogP contribution in [0.3, 0.4) is 0 Å². The third-order valence-corrected chi connectivity index (χ3v) is 2.97. The minimum Gasteiger partial charge on any atom is -0.456 e. The fourth-order valence-electron chi connectivity index (χ4n) is 1.92. The van der Waals surface area contributed by atoms with Gasteiger partial charge in [0.05, 0.1) is 23.3 Å². The maximum Gasteiger partial charge on any atom is 0.252 e. The Kier molecular flexibility index (Phi) is 4.21. The molecule has 2 rings (SSSR count). The third kappa shape index (κ3) is 3.19. The molecule has 0 saturated heterocycles. The van der Waals surface area contributed by atoms with Crippen LogP contribution in [-0.2, 0) is 0 Å². The maximum atomic E-state index is 11.4. The highest BCUT2D eigenvalue weighted by atomic mass is 16.5. The number of amides is 1. The van der Waals surface area contributed by atoms with E-state index in [1.54, 1.807) is 43.3 Å². The van der Waals surface area contributed by atoms with Crippen molar-refractivity contribution in [2.24, 2.45) is 5.73 Å². The fourth-order valence-corrected chi connectivity index (χ4v) is 1.92. The van der Waals surface area contributed by atoms with Crippen molar-refractivity contribution in [3.05, 3.63) is 59.2 Å². The average Bonchev–Trinajstić information content (AvgIpc) is 2.47. The van der Waals surface area contributed by atoms with Crippen molar-refractivity contribution >= 4 is 5.91 Å². The standard InChI is InChI=1S/C16H14N2O3/c1-10(19)12-7-6-11(9-17)8-15(12)21-14-5-3-2-4-13(14)16(18)20/h2-8,10,19H,1H3,(H2,18,20)/t10-/m1/s1. The summed E-state index contributed by atoms with van der Waals surface area (Å²) in [5.74, 6) is -0.0135. The van der Waals surface area contributed by atoms with Gasteiger partial charge in [-0.05, 0) is 31.2 Å². The quantitative estimate of drug-likeness (QED) is 0.900. The number of nitrogens with zero attached hydrogens (tertiary/aromatic N) is 1. The molecule has 0 fully saturated rings. The lowest BCUT2D eigenvalue weighted by Gasteiger charge is -2.15. The lowest BCUT2D eigenvalue weighted by atomic mass is 10.1. The maximum absolute atomic E-state index is 11.4. The minimum atomic E-state index is -0.770. The molecule has 2 aromatic carbocycles. The number of rotatable bonds is 4. The van der Waals surface area contributed by atoms with Crippen LogP contribution in [0.15, 0.2) is 42.5 Å². The van der Waals surface area contributed by atoms with Crippen LogP contribution < -0.4 is 10.5 Å². The first kappa shape index (κ1) is 14.6. The van der Waals surface area contributed by atoms with E-state index in [0.29, 0.717) is 16.9 Å². The highest BCUT2D eigenvalue weighted by Gasteiger charge is 2.14. The number of para-hydroxylation sites is 1. The van der Waals surface area contributed by atoms with Crippen molar-refractivity contribution < 1.29 is 14.6 Å². The number of ether oxygens (including phenoxy) is 1. The first-order chi connectivity index (χ1) is 10.0. The molecule has 0 radical (unpaired) electrons. The Labute approximate surface area is 122 Å². The second-order valence-electron chi connectivity index (χ2n) is 4.50. The van der Waals surface area contributed by atoms with E-state index in [1.807, 2.05) is 6.07 Å². The van der Waals surface area contributed by atoms with E-state index in [1.165, 1.54) is 6.07 Å². The molecule has 0 saturated carbocycles. The topological polar surface area (TPSA) is 96.3 Å². The van der Waals surface area contributed by atoms with Crippen LogP contribution >= 0.6 is 0 Å². The van der Waals surface area contributed by atoms with E-state index in [-0.39, 0.29) is 11.3 Å². The first-order valence-corrected chi connectivity index (χ1v) is 6.31. The van der Waals surface area contributed by atoms with Crippen LogP contribution in [0.1, 0.15) is 34.5 Å². The Morgan fingerprint density at radius 2 is 2.00 bits per heavy atom. The normalized spacial score (nSPS) is 11.5. The Balaban J connectivity index is 2.48. The SMILES string of the molecule is C[C@@H](O)c1ccc(C#N)cc1Oc1ccccc1C(N)=O. The summed E-state index contributed by atoms with van der Waals surface area (Å²) in [6, 6.07) is 13.3. The van der Waals surface area contributed by atoms with Crippen LogP contribution in [0.25, 0.3) is 0 Å². The second-order valence-corrected chi connectivity index (χ2v) is 4.50. The molecule has 0 bridgehead atoms. The van der Waals surface area contributed by atoms with Crippen molar-refractivity contribution in [3.8, 4) is 17.6 Å². The van der Waals surface area contributed by atoms with Crippen LogP contribution in [0.5, 0.6) is 11.5 Å². The molecule has 1 amide bonds.